The number of ether oxygens (including phenoxy) is 4. The van der Waals surface area contributed by atoms with E-state index >= 15 is 0 Å². The summed E-state index contributed by atoms with van der Waals surface area (Å²) < 4.78 is 24.0. The van der Waals surface area contributed by atoms with E-state index in [0.29, 0.717) is 18.6 Å². The SMILES string of the molecule is CC(=O)OC(C1CC(C)C2C(O1)C(=O)C1(C)C3CCC4C(C)(C)C(OC(OCC=O)C(=O)CO)CCC45CC35CCC21C)C(C)(C)O. The van der Waals surface area contributed by atoms with Gasteiger partial charge in [0.05, 0.1) is 17.8 Å². The Morgan fingerprint density at radius 2 is 1.72 bits per heavy atom. The maximum atomic E-state index is 14.9. The highest BCUT2D eigenvalue weighted by atomic mass is 16.7. The lowest BCUT2D eigenvalue weighted by molar-refractivity contribution is -0.226. The Morgan fingerprint density at radius 3 is 2.34 bits per heavy atom. The summed E-state index contributed by atoms with van der Waals surface area (Å²) in [7, 11) is 0. The number of aldehydes is 1. The molecule has 47 heavy (non-hydrogen) atoms. The molecule has 5 saturated carbocycles. The Balaban J connectivity index is 1.27. The van der Waals surface area contributed by atoms with Gasteiger partial charge in [0, 0.05) is 18.3 Å². The third kappa shape index (κ3) is 4.81. The van der Waals surface area contributed by atoms with Crippen LogP contribution in [-0.4, -0.2) is 83.6 Å². The fourth-order valence-electron chi connectivity index (χ4n) is 12.9. The topological polar surface area (TPSA) is 146 Å². The number of fused-ring (bicyclic) bond motifs is 4. The van der Waals surface area contributed by atoms with Crippen LogP contribution in [0.25, 0.3) is 0 Å². The molecular formula is C37H56O10. The molecule has 13 atom stereocenters. The molecule has 0 aromatic rings. The van der Waals surface area contributed by atoms with Gasteiger partial charge >= 0.3 is 5.97 Å². The predicted molar refractivity (Wildman–Crippen MR) is 170 cm³/mol. The number of hydrogen-bond donors (Lipinski definition) is 2. The zero-order chi connectivity index (χ0) is 34.5. The second-order valence-electron chi connectivity index (χ2n) is 17.6. The molecule has 10 heteroatoms. The lowest BCUT2D eigenvalue weighted by Crippen LogP contribution is -2.59. The largest absolute Gasteiger partial charge is 0.457 e. The van der Waals surface area contributed by atoms with Gasteiger partial charge in [-0.25, -0.2) is 0 Å². The highest BCUT2D eigenvalue weighted by Gasteiger charge is 2.85. The lowest BCUT2D eigenvalue weighted by Gasteiger charge is -2.62. The molecule has 1 heterocycles. The zero-order valence-corrected chi connectivity index (χ0v) is 29.5. The van der Waals surface area contributed by atoms with E-state index in [1.165, 1.54) is 6.92 Å². The summed E-state index contributed by atoms with van der Waals surface area (Å²) in [6.07, 6.45) is 4.26. The fourth-order valence-corrected chi connectivity index (χ4v) is 12.9. The van der Waals surface area contributed by atoms with Gasteiger partial charge in [0.2, 0.25) is 12.1 Å². The molecule has 2 spiro atoms. The van der Waals surface area contributed by atoms with Crippen LogP contribution in [0.15, 0.2) is 0 Å². The maximum absolute atomic E-state index is 14.9. The summed E-state index contributed by atoms with van der Waals surface area (Å²) in [5, 5.41) is 20.5. The van der Waals surface area contributed by atoms with Crippen LogP contribution in [0.3, 0.4) is 0 Å². The molecule has 0 amide bonds. The van der Waals surface area contributed by atoms with Crippen molar-refractivity contribution < 1.29 is 48.3 Å². The van der Waals surface area contributed by atoms with Crippen LogP contribution in [-0.2, 0) is 38.1 Å². The van der Waals surface area contributed by atoms with Gasteiger partial charge in [-0.3, -0.25) is 14.4 Å². The van der Waals surface area contributed by atoms with E-state index in [1.807, 2.05) is 0 Å². The molecule has 1 saturated heterocycles. The molecule has 5 aliphatic carbocycles. The van der Waals surface area contributed by atoms with E-state index in [2.05, 4.69) is 34.6 Å². The number of aliphatic hydroxyl groups excluding tert-OH is 1. The number of rotatable bonds is 10. The van der Waals surface area contributed by atoms with Crippen molar-refractivity contribution in [2.75, 3.05) is 13.2 Å². The summed E-state index contributed by atoms with van der Waals surface area (Å²) >= 11 is 0. The van der Waals surface area contributed by atoms with Gasteiger partial charge < -0.3 is 34.0 Å². The second kappa shape index (κ2) is 11.4. The average molecular weight is 661 g/mol. The standard InChI is InChI=1S/C37H56O10/c1-20-17-23(30(33(5,6)43)45-21(2)40)46-28-27(20)34(7)13-14-37-19-36(37)12-11-26(47-31(22(41)18-39)44-16-15-38)32(3,4)24(36)9-10-25(37)35(34,8)29(28)42/h15,20,23-28,30-31,39,43H,9-14,16-19H2,1-8H3. The van der Waals surface area contributed by atoms with Crippen molar-refractivity contribution in [3.63, 3.8) is 0 Å². The van der Waals surface area contributed by atoms with Crippen LogP contribution in [0, 0.1) is 50.7 Å². The molecule has 13 unspecified atom stereocenters. The van der Waals surface area contributed by atoms with Gasteiger partial charge in [0.15, 0.2) is 11.9 Å². The first-order chi connectivity index (χ1) is 21.9. The van der Waals surface area contributed by atoms with E-state index in [4.69, 9.17) is 18.9 Å². The van der Waals surface area contributed by atoms with Gasteiger partial charge in [-0.2, -0.15) is 0 Å². The number of hydrogen-bond acceptors (Lipinski definition) is 10. The summed E-state index contributed by atoms with van der Waals surface area (Å²) in [4.78, 5) is 50.4. The molecule has 0 radical (unpaired) electrons. The average Bonchev–Trinajstić information content (AvgIpc) is 3.62. The molecule has 264 valence electrons. The molecule has 0 bridgehead atoms. The maximum Gasteiger partial charge on any atom is 0.303 e. The summed E-state index contributed by atoms with van der Waals surface area (Å²) in [5.74, 6) is -0.129. The van der Waals surface area contributed by atoms with Crippen LogP contribution in [0.5, 0.6) is 0 Å². The van der Waals surface area contributed by atoms with Crippen LogP contribution in [0.2, 0.25) is 0 Å². The Bertz CT molecular complexity index is 1300. The van der Waals surface area contributed by atoms with Crippen LogP contribution >= 0.6 is 0 Å². The fraction of sp³-hybridized carbons (Fsp3) is 0.892. The highest BCUT2D eigenvalue weighted by Crippen LogP contribution is 2.89. The van der Waals surface area contributed by atoms with Crippen molar-refractivity contribution in [3.8, 4) is 0 Å². The first-order valence-electron chi connectivity index (χ1n) is 17.8. The molecule has 6 rings (SSSR count). The number of carbonyl (C=O) groups is 4. The van der Waals surface area contributed by atoms with Crippen LogP contribution < -0.4 is 0 Å². The third-order valence-corrected chi connectivity index (χ3v) is 14.8. The molecule has 0 aromatic carbocycles. The zero-order valence-electron chi connectivity index (χ0n) is 29.5. The Labute approximate surface area is 279 Å². The number of aliphatic hydroxyl groups is 2. The first-order valence-corrected chi connectivity index (χ1v) is 17.8. The second-order valence-corrected chi connectivity index (χ2v) is 17.6. The quantitative estimate of drug-likeness (QED) is 0.199. The molecule has 1 aliphatic heterocycles. The normalized spacial score (nSPS) is 46.1. The molecular weight excluding hydrogens is 604 g/mol. The van der Waals surface area contributed by atoms with E-state index < -0.39 is 54.0 Å². The third-order valence-electron chi connectivity index (χ3n) is 14.8. The van der Waals surface area contributed by atoms with E-state index in [9.17, 15) is 29.4 Å². The van der Waals surface area contributed by atoms with Crippen LogP contribution in [0.4, 0.5) is 0 Å². The molecule has 10 nitrogen and oxygen atoms in total. The number of carbonyl (C=O) groups excluding carboxylic acids is 4. The molecule has 2 N–H and O–H groups in total. The van der Waals surface area contributed by atoms with E-state index in [0.717, 1.165) is 44.9 Å². The summed E-state index contributed by atoms with van der Waals surface area (Å²) in [6.45, 7) is 14.8. The van der Waals surface area contributed by atoms with Crippen molar-refractivity contribution in [1.29, 1.82) is 0 Å². The lowest BCUT2D eigenvalue weighted by atomic mass is 9.41. The van der Waals surface area contributed by atoms with Gasteiger partial charge in [0.25, 0.3) is 0 Å². The monoisotopic (exact) mass is 660 g/mol. The number of Topliss-reactive ketones (excluding diaryl/α,β-unsaturated/α-hetero) is 2. The highest BCUT2D eigenvalue weighted by molar-refractivity contribution is 5.93. The van der Waals surface area contributed by atoms with Gasteiger partial charge in [-0.15, -0.1) is 0 Å². The predicted octanol–water partition coefficient (Wildman–Crippen LogP) is 4.20. The van der Waals surface area contributed by atoms with Gasteiger partial charge in [0.1, 0.15) is 25.6 Å². The van der Waals surface area contributed by atoms with Crippen molar-refractivity contribution in [3.05, 3.63) is 0 Å². The molecule has 0 aromatic heterocycles. The van der Waals surface area contributed by atoms with E-state index in [1.54, 1.807) is 13.8 Å². The van der Waals surface area contributed by atoms with Crippen molar-refractivity contribution >= 4 is 23.8 Å². The van der Waals surface area contributed by atoms with Gasteiger partial charge in [-0.05, 0) is 105 Å². The van der Waals surface area contributed by atoms with Crippen LogP contribution in [0.1, 0.15) is 107 Å². The molecule has 6 fully saturated rings. The van der Waals surface area contributed by atoms with Gasteiger partial charge in [-0.1, -0.05) is 34.6 Å². The number of esters is 1. The van der Waals surface area contributed by atoms with Crippen molar-refractivity contribution in [2.24, 2.45) is 50.7 Å². The first kappa shape index (κ1) is 35.1. The minimum absolute atomic E-state index is 0.0498. The minimum atomic E-state index is -1.32. The summed E-state index contributed by atoms with van der Waals surface area (Å²) in [6, 6.07) is 0. The smallest absolute Gasteiger partial charge is 0.303 e. The van der Waals surface area contributed by atoms with Crippen molar-refractivity contribution in [1.82, 2.24) is 0 Å². The Hall–Kier alpha value is -1.72. The number of ketones is 2. The Kier molecular flexibility index (Phi) is 8.52. The minimum Gasteiger partial charge on any atom is -0.457 e. The molecule has 6 aliphatic rings. The summed E-state index contributed by atoms with van der Waals surface area (Å²) in [5.41, 5.74) is -2.26. The van der Waals surface area contributed by atoms with Crippen molar-refractivity contribution in [2.45, 2.75) is 143 Å². The Morgan fingerprint density at radius 1 is 1.06 bits per heavy atom. The van der Waals surface area contributed by atoms with E-state index in [-0.39, 0.29) is 57.9 Å².